The molecule has 1 atom stereocenters. The summed E-state index contributed by atoms with van der Waals surface area (Å²) in [6.07, 6.45) is 0.484. The number of anilines is 2. The Balaban J connectivity index is 1.49. The molecule has 1 aliphatic heterocycles. The predicted octanol–water partition coefficient (Wildman–Crippen LogP) is 3.94. The van der Waals surface area contributed by atoms with Crippen molar-refractivity contribution >= 4 is 55.8 Å². The van der Waals surface area contributed by atoms with Crippen LogP contribution in [0.3, 0.4) is 0 Å². The van der Waals surface area contributed by atoms with Gasteiger partial charge in [0.2, 0.25) is 11.8 Å². The molecular weight excluding hydrogens is 358 g/mol. The molecule has 5 nitrogen and oxygen atoms in total. The first-order valence-corrected chi connectivity index (χ1v) is 9.04. The summed E-state index contributed by atoms with van der Waals surface area (Å²) in [5.41, 5.74) is 1.59. The highest BCUT2D eigenvalue weighted by atomic mass is 35.5. The van der Waals surface area contributed by atoms with E-state index >= 15 is 0 Å². The SMILES string of the molecule is O=C(Nc1nc2ccccc2s1)C1CCN(c2ccc(Cl)cc2)C1=O. The second-order valence-electron chi connectivity index (χ2n) is 5.78. The zero-order valence-electron chi connectivity index (χ0n) is 13.1. The molecule has 0 spiro atoms. The largest absolute Gasteiger partial charge is 0.312 e. The van der Waals surface area contributed by atoms with E-state index in [2.05, 4.69) is 10.3 Å². The lowest BCUT2D eigenvalue weighted by Crippen LogP contribution is -2.33. The average molecular weight is 372 g/mol. The fourth-order valence-corrected chi connectivity index (χ4v) is 3.91. The molecule has 1 aromatic heterocycles. The number of aromatic nitrogens is 1. The maximum atomic E-state index is 12.6. The monoisotopic (exact) mass is 371 g/mol. The van der Waals surface area contributed by atoms with Gasteiger partial charge in [-0.1, -0.05) is 35.1 Å². The number of fused-ring (bicyclic) bond motifs is 1. The Morgan fingerprint density at radius 2 is 1.96 bits per heavy atom. The van der Waals surface area contributed by atoms with Gasteiger partial charge in [-0.3, -0.25) is 9.59 Å². The van der Waals surface area contributed by atoms with Crippen LogP contribution in [0.15, 0.2) is 48.5 Å². The average Bonchev–Trinajstić information content (AvgIpc) is 3.18. The summed E-state index contributed by atoms with van der Waals surface area (Å²) < 4.78 is 0.998. The summed E-state index contributed by atoms with van der Waals surface area (Å²) in [7, 11) is 0. The van der Waals surface area contributed by atoms with Crippen molar-refractivity contribution < 1.29 is 9.59 Å². The van der Waals surface area contributed by atoms with E-state index in [0.29, 0.717) is 23.1 Å². The normalized spacial score (nSPS) is 17.2. The number of carbonyl (C=O) groups excluding carboxylic acids is 2. The fourth-order valence-electron chi connectivity index (χ4n) is 2.92. The van der Waals surface area contributed by atoms with Crippen LogP contribution >= 0.6 is 22.9 Å². The molecular formula is C18H14ClN3O2S. The molecule has 0 bridgehead atoms. The molecule has 0 saturated carbocycles. The van der Waals surface area contributed by atoms with Gasteiger partial charge in [-0.2, -0.15) is 0 Å². The van der Waals surface area contributed by atoms with E-state index < -0.39 is 5.92 Å². The van der Waals surface area contributed by atoms with Crippen LogP contribution in [-0.2, 0) is 9.59 Å². The number of amides is 2. The summed E-state index contributed by atoms with van der Waals surface area (Å²) in [5.74, 6) is -1.19. The number of nitrogens with one attached hydrogen (secondary N) is 1. The quantitative estimate of drug-likeness (QED) is 0.709. The van der Waals surface area contributed by atoms with E-state index in [1.165, 1.54) is 11.3 Å². The second kappa shape index (κ2) is 6.46. The van der Waals surface area contributed by atoms with Crippen molar-refractivity contribution in [3.05, 3.63) is 53.6 Å². The predicted molar refractivity (Wildman–Crippen MR) is 100 cm³/mol. The van der Waals surface area contributed by atoms with E-state index in [9.17, 15) is 9.59 Å². The van der Waals surface area contributed by atoms with Gasteiger partial charge in [0, 0.05) is 17.3 Å². The number of hydrogen-bond acceptors (Lipinski definition) is 4. The van der Waals surface area contributed by atoms with E-state index in [1.54, 1.807) is 29.2 Å². The van der Waals surface area contributed by atoms with Crippen molar-refractivity contribution in [3.8, 4) is 0 Å². The first-order valence-electron chi connectivity index (χ1n) is 7.85. The lowest BCUT2D eigenvalue weighted by atomic mass is 10.1. The Kier molecular flexibility index (Phi) is 4.15. The highest BCUT2D eigenvalue weighted by Gasteiger charge is 2.37. The van der Waals surface area contributed by atoms with E-state index in [-0.39, 0.29) is 11.8 Å². The second-order valence-corrected chi connectivity index (χ2v) is 7.25. The molecule has 3 aromatic rings. The van der Waals surface area contributed by atoms with Gasteiger partial charge in [-0.25, -0.2) is 4.98 Å². The third kappa shape index (κ3) is 3.10. The van der Waals surface area contributed by atoms with Crippen molar-refractivity contribution in [2.75, 3.05) is 16.8 Å². The molecule has 1 fully saturated rings. The van der Waals surface area contributed by atoms with Gasteiger partial charge in [0.1, 0.15) is 5.92 Å². The van der Waals surface area contributed by atoms with Crippen LogP contribution < -0.4 is 10.2 Å². The molecule has 1 unspecified atom stereocenters. The molecule has 2 amide bonds. The number of carbonyl (C=O) groups is 2. The molecule has 1 N–H and O–H groups in total. The Bertz CT molecular complexity index is 921. The van der Waals surface area contributed by atoms with Gasteiger partial charge in [-0.05, 0) is 42.8 Å². The van der Waals surface area contributed by atoms with Crippen LogP contribution in [0.5, 0.6) is 0 Å². The zero-order valence-corrected chi connectivity index (χ0v) is 14.7. The number of nitrogens with zero attached hydrogens (tertiary/aromatic N) is 2. The van der Waals surface area contributed by atoms with Crippen LogP contribution in [0.4, 0.5) is 10.8 Å². The summed E-state index contributed by atoms with van der Waals surface area (Å²) in [5, 5.41) is 3.91. The standard InChI is InChI=1S/C18H14ClN3O2S/c19-11-5-7-12(8-6-11)22-10-9-13(17(22)24)16(23)21-18-20-14-3-1-2-4-15(14)25-18/h1-8,13H,9-10H2,(H,20,21,23). The van der Waals surface area contributed by atoms with Crippen LogP contribution in [0.1, 0.15) is 6.42 Å². The van der Waals surface area contributed by atoms with Crippen molar-refractivity contribution in [2.24, 2.45) is 5.92 Å². The van der Waals surface area contributed by atoms with Gasteiger partial charge in [-0.15, -0.1) is 0 Å². The number of rotatable bonds is 3. The molecule has 0 radical (unpaired) electrons. The molecule has 1 saturated heterocycles. The number of para-hydroxylation sites is 1. The molecule has 7 heteroatoms. The highest BCUT2D eigenvalue weighted by Crippen LogP contribution is 2.29. The number of halogens is 1. The number of thiazole rings is 1. The van der Waals surface area contributed by atoms with Crippen LogP contribution in [0.2, 0.25) is 5.02 Å². The number of hydrogen-bond donors (Lipinski definition) is 1. The van der Waals surface area contributed by atoms with Gasteiger partial charge >= 0.3 is 0 Å². The Morgan fingerprint density at radius 3 is 2.72 bits per heavy atom. The van der Waals surface area contributed by atoms with Gasteiger partial charge < -0.3 is 10.2 Å². The Morgan fingerprint density at radius 1 is 1.20 bits per heavy atom. The van der Waals surface area contributed by atoms with Crippen LogP contribution in [0.25, 0.3) is 10.2 Å². The molecule has 0 aliphatic carbocycles. The summed E-state index contributed by atoms with van der Waals surface area (Å²) >= 11 is 7.29. The van der Waals surface area contributed by atoms with Crippen LogP contribution in [0, 0.1) is 5.92 Å². The first-order chi connectivity index (χ1) is 12.1. The maximum absolute atomic E-state index is 12.6. The Labute approximate surface area is 153 Å². The molecule has 2 heterocycles. The molecule has 1 aliphatic rings. The van der Waals surface area contributed by atoms with E-state index in [4.69, 9.17) is 11.6 Å². The van der Waals surface area contributed by atoms with E-state index in [0.717, 1.165) is 15.9 Å². The van der Waals surface area contributed by atoms with Crippen molar-refractivity contribution in [1.29, 1.82) is 0 Å². The third-order valence-corrected chi connectivity index (χ3v) is 5.39. The molecule has 4 rings (SSSR count). The zero-order chi connectivity index (χ0) is 17.4. The van der Waals surface area contributed by atoms with Crippen molar-refractivity contribution in [1.82, 2.24) is 4.98 Å². The van der Waals surface area contributed by atoms with Crippen molar-refractivity contribution in [3.63, 3.8) is 0 Å². The topological polar surface area (TPSA) is 62.3 Å². The van der Waals surface area contributed by atoms with Crippen molar-refractivity contribution in [2.45, 2.75) is 6.42 Å². The minimum atomic E-state index is -0.692. The summed E-state index contributed by atoms with van der Waals surface area (Å²) in [6.45, 7) is 0.512. The fraction of sp³-hybridized carbons (Fsp3) is 0.167. The Hall–Kier alpha value is -2.44. The smallest absolute Gasteiger partial charge is 0.239 e. The first kappa shape index (κ1) is 16.1. The molecule has 126 valence electrons. The highest BCUT2D eigenvalue weighted by molar-refractivity contribution is 7.22. The summed E-state index contributed by atoms with van der Waals surface area (Å²) in [4.78, 5) is 31.1. The van der Waals surface area contributed by atoms with E-state index in [1.807, 2.05) is 24.3 Å². The third-order valence-electron chi connectivity index (χ3n) is 4.18. The van der Waals surface area contributed by atoms with Gasteiger partial charge in [0.05, 0.1) is 10.2 Å². The number of benzene rings is 2. The van der Waals surface area contributed by atoms with Crippen LogP contribution in [-0.4, -0.2) is 23.3 Å². The molecule has 25 heavy (non-hydrogen) atoms. The maximum Gasteiger partial charge on any atom is 0.239 e. The minimum Gasteiger partial charge on any atom is -0.312 e. The summed E-state index contributed by atoms with van der Waals surface area (Å²) in [6, 6.07) is 14.7. The molecule has 2 aromatic carbocycles. The minimum absolute atomic E-state index is 0.194. The van der Waals surface area contributed by atoms with Gasteiger partial charge in [0.15, 0.2) is 5.13 Å². The van der Waals surface area contributed by atoms with Gasteiger partial charge in [0.25, 0.3) is 0 Å². The lowest BCUT2D eigenvalue weighted by Gasteiger charge is -2.16. The lowest BCUT2D eigenvalue weighted by molar-refractivity contribution is -0.129.